The van der Waals surface area contributed by atoms with Gasteiger partial charge in [0.1, 0.15) is 5.82 Å². The highest BCUT2D eigenvalue weighted by Gasteiger charge is 2.14. The standard InChI is InChI=1S/C19H21FN2O5S/c1-2-27-19(24)14-5-3-6-16(13-14)22-18(23)7-4-12-21-28(25,26)17-10-8-15(20)9-11-17/h3,5-6,8-11,13,21H,2,4,7,12H2,1H3,(H,22,23). The second-order valence-corrected chi connectivity index (χ2v) is 7.57. The smallest absolute Gasteiger partial charge is 0.338 e. The lowest BCUT2D eigenvalue weighted by molar-refractivity contribution is -0.116. The van der Waals surface area contributed by atoms with E-state index in [1.807, 2.05) is 0 Å². The van der Waals surface area contributed by atoms with Crippen molar-refractivity contribution in [2.24, 2.45) is 0 Å². The number of anilines is 1. The summed E-state index contributed by atoms with van der Waals surface area (Å²) in [5.74, 6) is -1.32. The summed E-state index contributed by atoms with van der Waals surface area (Å²) < 4.78 is 44.2. The zero-order chi connectivity index (χ0) is 20.6. The van der Waals surface area contributed by atoms with Gasteiger partial charge in [-0.3, -0.25) is 4.79 Å². The van der Waals surface area contributed by atoms with E-state index in [0.717, 1.165) is 12.1 Å². The molecular weight excluding hydrogens is 387 g/mol. The number of carbonyl (C=O) groups excluding carboxylic acids is 2. The topological polar surface area (TPSA) is 102 Å². The molecule has 0 aliphatic rings. The molecule has 0 spiro atoms. The van der Waals surface area contributed by atoms with Crippen molar-refractivity contribution in [3.8, 4) is 0 Å². The number of carbonyl (C=O) groups is 2. The third-order valence-corrected chi connectivity index (χ3v) is 5.13. The molecule has 0 saturated heterocycles. The molecule has 0 radical (unpaired) electrons. The quantitative estimate of drug-likeness (QED) is 0.491. The van der Waals surface area contributed by atoms with Gasteiger partial charge in [-0.05, 0) is 55.8 Å². The number of nitrogens with one attached hydrogen (secondary N) is 2. The van der Waals surface area contributed by atoms with Crippen LogP contribution in [-0.2, 0) is 19.6 Å². The van der Waals surface area contributed by atoms with Crippen LogP contribution in [0.1, 0.15) is 30.1 Å². The molecule has 2 N–H and O–H groups in total. The number of esters is 1. The van der Waals surface area contributed by atoms with E-state index < -0.39 is 21.8 Å². The van der Waals surface area contributed by atoms with Crippen LogP contribution < -0.4 is 10.0 Å². The summed E-state index contributed by atoms with van der Waals surface area (Å²) in [7, 11) is -3.75. The van der Waals surface area contributed by atoms with E-state index in [0.29, 0.717) is 11.3 Å². The van der Waals surface area contributed by atoms with E-state index in [1.165, 1.54) is 18.2 Å². The number of hydrogen-bond donors (Lipinski definition) is 2. The van der Waals surface area contributed by atoms with Crippen LogP contribution in [0, 0.1) is 5.82 Å². The molecule has 0 aliphatic carbocycles. The van der Waals surface area contributed by atoms with Crippen LogP contribution in [0.2, 0.25) is 0 Å². The number of hydrogen-bond acceptors (Lipinski definition) is 5. The molecule has 9 heteroatoms. The highest BCUT2D eigenvalue weighted by atomic mass is 32.2. The normalized spacial score (nSPS) is 11.1. The maximum Gasteiger partial charge on any atom is 0.338 e. The Morgan fingerprint density at radius 3 is 2.50 bits per heavy atom. The molecule has 0 saturated carbocycles. The first-order chi connectivity index (χ1) is 13.3. The first-order valence-corrected chi connectivity index (χ1v) is 10.1. The lowest BCUT2D eigenvalue weighted by atomic mass is 10.2. The molecule has 150 valence electrons. The minimum atomic E-state index is -3.75. The summed E-state index contributed by atoms with van der Waals surface area (Å²) in [6.07, 6.45) is 0.347. The van der Waals surface area contributed by atoms with Crippen molar-refractivity contribution in [3.63, 3.8) is 0 Å². The molecule has 0 fully saturated rings. The minimum absolute atomic E-state index is 0.0471. The van der Waals surface area contributed by atoms with Gasteiger partial charge >= 0.3 is 5.97 Å². The lowest BCUT2D eigenvalue weighted by Gasteiger charge is -2.08. The van der Waals surface area contributed by atoms with Crippen LogP contribution >= 0.6 is 0 Å². The van der Waals surface area contributed by atoms with Crippen LogP contribution in [0.3, 0.4) is 0 Å². The van der Waals surface area contributed by atoms with Crippen molar-refractivity contribution in [1.82, 2.24) is 4.72 Å². The van der Waals surface area contributed by atoms with Gasteiger partial charge in [-0.15, -0.1) is 0 Å². The summed E-state index contributed by atoms with van der Waals surface area (Å²) in [5.41, 5.74) is 0.772. The summed E-state index contributed by atoms with van der Waals surface area (Å²) in [6.45, 7) is 2.01. The Hall–Kier alpha value is -2.78. The Balaban J connectivity index is 1.81. The average Bonchev–Trinajstić information content (AvgIpc) is 2.66. The fraction of sp³-hybridized carbons (Fsp3) is 0.263. The molecule has 2 aromatic rings. The molecular formula is C19H21FN2O5S. The molecule has 28 heavy (non-hydrogen) atoms. The summed E-state index contributed by atoms with van der Waals surface area (Å²) in [5, 5.41) is 2.65. The Labute approximate surface area is 163 Å². The van der Waals surface area contributed by atoms with E-state index in [2.05, 4.69) is 10.0 Å². The zero-order valence-corrected chi connectivity index (χ0v) is 16.1. The third kappa shape index (κ3) is 6.43. The predicted octanol–water partition coefficient (Wildman–Crippen LogP) is 2.70. The van der Waals surface area contributed by atoms with Gasteiger partial charge in [-0.2, -0.15) is 0 Å². The van der Waals surface area contributed by atoms with Crippen LogP contribution in [0.15, 0.2) is 53.4 Å². The van der Waals surface area contributed by atoms with Crippen molar-refractivity contribution in [2.75, 3.05) is 18.5 Å². The first kappa shape index (κ1) is 21.5. The monoisotopic (exact) mass is 408 g/mol. The average molecular weight is 408 g/mol. The second-order valence-electron chi connectivity index (χ2n) is 5.80. The molecule has 0 atom stereocenters. The Bertz CT molecular complexity index is 930. The zero-order valence-electron chi connectivity index (χ0n) is 15.3. The van der Waals surface area contributed by atoms with E-state index >= 15 is 0 Å². The number of amides is 1. The van der Waals surface area contributed by atoms with Gasteiger partial charge in [0.15, 0.2) is 0 Å². The van der Waals surface area contributed by atoms with Gasteiger partial charge in [0.05, 0.1) is 17.1 Å². The van der Waals surface area contributed by atoms with Crippen LogP contribution in [0.4, 0.5) is 10.1 Å². The molecule has 0 unspecified atom stereocenters. The van der Waals surface area contributed by atoms with E-state index in [-0.39, 0.29) is 36.8 Å². The second kappa shape index (κ2) is 9.95. The van der Waals surface area contributed by atoms with Crippen LogP contribution in [0.25, 0.3) is 0 Å². The van der Waals surface area contributed by atoms with Gasteiger partial charge in [0, 0.05) is 18.7 Å². The fourth-order valence-electron chi connectivity index (χ4n) is 2.31. The maximum absolute atomic E-state index is 12.9. The Morgan fingerprint density at radius 2 is 1.82 bits per heavy atom. The highest BCUT2D eigenvalue weighted by molar-refractivity contribution is 7.89. The lowest BCUT2D eigenvalue weighted by Crippen LogP contribution is -2.25. The van der Waals surface area contributed by atoms with E-state index in [9.17, 15) is 22.4 Å². The van der Waals surface area contributed by atoms with Gasteiger partial charge in [0.2, 0.25) is 15.9 Å². The molecule has 2 aromatic carbocycles. The van der Waals surface area contributed by atoms with Crippen LogP contribution in [-0.4, -0.2) is 33.4 Å². The van der Waals surface area contributed by atoms with Gasteiger partial charge in [-0.25, -0.2) is 22.3 Å². The number of sulfonamides is 1. The van der Waals surface area contributed by atoms with Crippen molar-refractivity contribution in [1.29, 1.82) is 0 Å². The van der Waals surface area contributed by atoms with E-state index in [1.54, 1.807) is 25.1 Å². The van der Waals surface area contributed by atoms with Crippen molar-refractivity contribution in [2.45, 2.75) is 24.7 Å². The minimum Gasteiger partial charge on any atom is -0.462 e. The summed E-state index contributed by atoms with van der Waals surface area (Å²) in [4.78, 5) is 23.7. The highest BCUT2D eigenvalue weighted by Crippen LogP contribution is 2.13. The number of ether oxygens (including phenoxy) is 1. The molecule has 0 aromatic heterocycles. The number of benzene rings is 2. The van der Waals surface area contributed by atoms with Gasteiger partial charge in [0.25, 0.3) is 0 Å². The maximum atomic E-state index is 12.9. The molecule has 2 rings (SSSR count). The molecule has 7 nitrogen and oxygen atoms in total. The Kier molecular flexibility index (Phi) is 7.65. The number of halogens is 1. The summed E-state index contributed by atoms with van der Waals surface area (Å²) in [6, 6.07) is 10.8. The van der Waals surface area contributed by atoms with Gasteiger partial charge in [-0.1, -0.05) is 6.07 Å². The summed E-state index contributed by atoms with van der Waals surface area (Å²) >= 11 is 0. The molecule has 1 amide bonds. The predicted molar refractivity (Wildman–Crippen MR) is 102 cm³/mol. The SMILES string of the molecule is CCOC(=O)c1cccc(NC(=O)CCCNS(=O)(=O)c2ccc(F)cc2)c1. The molecule has 0 aliphatic heterocycles. The Morgan fingerprint density at radius 1 is 1.11 bits per heavy atom. The van der Waals surface area contributed by atoms with Crippen molar-refractivity contribution >= 4 is 27.6 Å². The van der Waals surface area contributed by atoms with Gasteiger partial charge < -0.3 is 10.1 Å². The number of rotatable bonds is 9. The third-order valence-electron chi connectivity index (χ3n) is 3.65. The van der Waals surface area contributed by atoms with Crippen molar-refractivity contribution in [3.05, 3.63) is 59.9 Å². The molecule has 0 bridgehead atoms. The van der Waals surface area contributed by atoms with Crippen molar-refractivity contribution < 1.29 is 27.1 Å². The fourth-order valence-corrected chi connectivity index (χ4v) is 3.39. The first-order valence-electron chi connectivity index (χ1n) is 8.64. The van der Waals surface area contributed by atoms with E-state index in [4.69, 9.17) is 4.74 Å². The molecule has 0 heterocycles. The van der Waals surface area contributed by atoms with Crippen LogP contribution in [0.5, 0.6) is 0 Å². The largest absolute Gasteiger partial charge is 0.462 e.